The normalized spacial score (nSPS) is 20.2. The Kier molecular flexibility index (Phi) is 8.54. The summed E-state index contributed by atoms with van der Waals surface area (Å²) in [6.45, 7) is 3.57. The van der Waals surface area contributed by atoms with Crippen LogP contribution in [0.5, 0.6) is 5.75 Å². The number of carbonyl (C=O) groups is 1. The van der Waals surface area contributed by atoms with Crippen molar-refractivity contribution in [1.29, 1.82) is 0 Å². The van der Waals surface area contributed by atoms with Crippen LogP contribution in [-0.2, 0) is 4.74 Å². The highest BCUT2D eigenvalue weighted by Crippen LogP contribution is 2.38. The van der Waals surface area contributed by atoms with Gasteiger partial charge in [0.05, 0.1) is 24.9 Å². The summed E-state index contributed by atoms with van der Waals surface area (Å²) in [4.78, 5) is 16.7. The Labute approximate surface area is 209 Å². The standard InChI is InChI=1S/C27H33F3N2O4/c1-19-15-21(5-8-23(19)35-14-2-13-33)26(34)32-11-9-27(10-12-32)18-31(17-25(29)30)16-24(36-27)20-3-6-22(28)7-4-20/h3-8,15,24-25,33H,2,9-14,16-18H2,1H3. The van der Waals surface area contributed by atoms with Crippen LogP contribution in [0, 0.1) is 12.7 Å². The monoisotopic (exact) mass is 506 g/mol. The highest BCUT2D eigenvalue weighted by atomic mass is 19.3. The number of benzene rings is 2. The van der Waals surface area contributed by atoms with Gasteiger partial charge in [0.2, 0.25) is 0 Å². The molecule has 6 nitrogen and oxygen atoms in total. The van der Waals surface area contributed by atoms with Gasteiger partial charge in [-0.05, 0) is 61.2 Å². The number of carbonyl (C=O) groups excluding carboxylic acids is 1. The summed E-state index contributed by atoms with van der Waals surface area (Å²) in [6.07, 6.45) is -1.32. The Bertz CT molecular complexity index is 1030. The zero-order valence-electron chi connectivity index (χ0n) is 20.5. The van der Waals surface area contributed by atoms with Crippen LogP contribution >= 0.6 is 0 Å². The molecule has 2 aromatic carbocycles. The Balaban J connectivity index is 1.43. The maximum absolute atomic E-state index is 13.4. The lowest BCUT2D eigenvalue weighted by Gasteiger charge is -2.50. The van der Waals surface area contributed by atoms with E-state index in [1.54, 1.807) is 40.1 Å². The third kappa shape index (κ3) is 6.38. The summed E-state index contributed by atoms with van der Waals surface area (Å²) in [5, 5.41) is 8.91. The molecule has 2 aliphatic rings. The largest absolute Gasteiger partial charge is 0.493 e. The summed E-state index contributed by atoms with van der Waals surface area (Å²) in [6, 6.07) is 11.3. The van der Waals surface area contributed by atoms with Crippen molar-refractivity contribution in [2.24, 2.45) is 0 Å². The van der Waals surface area contributed by atoms with Crippen molar-refractivity contribution < 1.29 is 32.5 Å². The predicted molar refractivity (Wildman–Crippen MR) is 129 cm³/mol. The van der Waals surface area contributed by atoms with Crippen LogP contribution in [0.3, 0.4) is 0 Å². The fourth-order valence-corrected chi connectivity index (χ4v) is 5.03. The van der Waals surface area contributed by atoms with E-state index in [0.29, 0.717) is 63.4 Å². The third-order valence-corrected chi connectivity index (χ3v) is 6.91. The van der Waals surface area contributed by atoms with Gasteiger partial charge < -0.3 is 19.5 Å². The number of aliphatic hydroxyl groups is 1. The molecule has 2 aromatic rings. The summed E-state index contributed by atoms with van der Waals surface area (Å²) >= 11 is 0. The van der Waals surface area contributed by atoms with E-state index in [9.17, 15) is 18.0 Å². The summed E-state index contributed by atoms with van der Waals surface area (Å²) in [7, 11) is 0. The molecule has 0 aromatic heterocycles. The highest BCUT2D eigenvalue weighted by Gasteiger charge is 2.44. The van der Waals surface area contributed by atoms with E-state index in [-0.39, 0.29) is 24.9 Å². The lowest BCUT2D eigenvalue weighted by Crippen LogP contribution is -2.58. The van der Waals surface area contributed by atoms with Gasteiger partial charge in [0, 0.05) is 44.8 Å². The second-order valence-corrected chi connectivity index (χ2v) is 9.62. The first-order valence-electron chi connectivity index (χ1n) is 12.4. The molecule has 1 unspecified atom stereocenters. The van der Waals surface area contributed by atoms with E-state index < -0.39 is 18.1 Å². The molecule has 196 valence electrons. The van der Waals surface area contributed by atoms with Gasteiger partial charge in [-0.1, -0.05) is 12.1 Å². The van der Waals surface area contributed by atoms with Crippen molar-refractivity contribution in [1.82, 2.24) is 9.80 Å². The van der Waals surface area contributed by atoms with E-state index in [1.807, 2.05) is 6.92 Å². The first-order valence-corrected chi connectivity index (χ1v) is 12.4. The van der Waals surface area contributed by atoms with Gasteiger partial charge in [-0.2, -0.15) is 0 Å². The summed E-state index contributed by atoms with van der Waals surface area (Å²) < 4.78 is 52.1. The number of likely N-dealkylation sites (tertiary alicyclic amines) is 1. The molecule has 2 heterocycles. The van der Waals surface area contributed by atoms with Crippen LogP contribution in [0.4, 0.5) is 13.2 Å². The zero-order valence-corrected chi connectivity index (χ0v) is 20.5. The number of halogens is 3. The molecule has 36 heavy (non-hydrogen) atoms. The molecule has 2 fully saturated rings. The van der Waals surface area contributed by atoms with Crippen LogP contribution in [-0.4, -0.2) is 78.8 Å². The molecular formula is C27H33F3N2O4. The van der Waals surface area contributed by atoms with Crippen molar-refractivity contribution in [3.05, 3.63) is 65.0 Å². The van der Waals surface area contributed by atoms with E-state index >= 15 is 0 Å². The molecule has 0 radical (unpaired) electrons. The minimum atomic E-state index is -2.46. The van der Waals surface area contributed by atoms with Crippen LogP contribution < -0.4 is 4.74 Å². The lowest BCUT2D eigenvalue weighted by molar-refractivity contribution is -0.180. The van der Waals surface area contributed by atoms with Crippen molar-refractivity contribution in [2.75, 3.05) is 45.9 Å². The number of piperidine rings is 1. The average molecular weight is 507 g/mol. The third-order valence-electron chi connectivity index (χ3n) is 6.91. The number of rotatable bonds is 8. The lowest BCUT2D eigenvalue weighted by atomic mass is 9.87. The van der Waals surface area contributed by atoms with Crippen LogP contribution in [0.15, 0.2) is 42.5 Å². The maximum Gasteiger partial charge on any atom is 0.253 e. The number of morpholine rings is 1. The Hall–Kier alpha value is -2.62. The van der Waals surface area contributed by atoms with Crippen LogP contribution in [0.2, 0.25) is 0 Å². The van der Waals surface area contributed by atoms with Gasteiger partial charge in [0.25, 0.3) is 12.3 Å². The van der Waals surface area contributed by atoms with Crippen molar-refractivity contribution >= 4 is 5.91 Å². The molecule has 1 N–H and O–H groups in total. The van der Waals surface area contributed by atoms with Gasteiger partial charge >= 0.3 is 0 Å². The number of nitrogens with zero attached hydrogens (tertiary/aromatic N) is 2. The molecule has 9 heteroatoms. The Morgan fingerprint density at radius 1 is 1.19 bits per heavy atom. The summed E-state index contributed by atoms with van der Waals surface area (Å²) in [5.41, 5.74) is 1.51. The molecule has 0 aliphatic carbocycles. The van der Waals surface area contributed by atoms with Crippen molar-refractivity contribution in [2.45, 2.75) is 44.3 Å². The quantitative estimate of drug-likeness (QED) is 0.544. The fourth-order valence-electron chi connectivity index (χ4n) is 5.03. The average Bonchev–Trinajstić information content (AvgIpc) is 2.85. The SMILES string of the molecule is Cc1cc(C(=O)N2CCC3(CC2)CN(CC(F)F)CC(c2ccc(F)cc2)O3)ccc1OCCCO. The van der Waals surface area contributed by atoms with E-state index in [2.05, 4.69) is 0 Å². The number of aliphatic hydroxyl groups excluding tert-OH is 1. The van der Waals surface area contributed by atoms with Gasteiger partial charge in [0.15, 0.2) is 0 Å². The number of amides is 1. The molecule has 2 saturated heterocycles. The molecule has 2 aliphatic heterocycles. The smallest absolute Gasteiger partial charge is 0.253 e. The Morgan fingerprint density at radius 2 is 1.92 bits per heavy atom. The molecule has 1 amide bonds. The molecule has 1 atom stereocenters. The van der Waals surface area contributed by atoms with Gasteiger partial charge in [0.1, 0.15) is 11.6 Å². The van der Waals surface area contributed by atoms with Crippen LogP contribution in [0.25, 0.3) is 0 Å². The van der Waals surface area contributed by atoms with Crippen molar-refractivity contribution in [3.63, 3.8) is 0 Å². The van der Waals surface area contributed by atoms with Crippen molar-refractivity contribution in [3.8, 4) is 5.75 Å². The van der Waals surface area contributed by atoms with E-state index in [4.69, 9.17) is 14.6 Å². The minimum absolute atomic E-state index is 0.0559. The first kappa shape index (κ1) is 26.4. The number of hydrogen-bond donors (Lipinski definition) is 1. The summed E-state index contributed by atoms with van der Waals surface area (Å²) in [5.74, 6) is 0.227. The highest BCUT2D eigenvalue weighted by molar-refractivity contribution is 5.94. The fraction of sp³-hybridized carbons (Fsp3) is 0.519. The second kappa shape index (κ2) is 11.6. The van der Waals surface area contributed by atoms with E-state index in [0.717, 1.165) is 11.1 Å². The molecule has 1 spiro atoms. The second-order valence-electron chi connectivity index (χ2n) is 9.62. The molecular weight excluding hydrogens is 473 g/mol. The maximum atomic E-state index is 13.4. The van der Waals surface area contributed by atoms with Gasteiger partial charge in [-0.3, -0.25) is 9.69 Å². The molecule has 0 bridgehead atoms. The molecule has 0 saturated carbocycles. The number of alkyl halides is 2. The molecule has 4 rings (SSSR count). The number of ether oxygens (including phenoxy) is 2. The van der Waals surface area contributed by atoms with E-state index in [1.165, 1.54) is 12.1 Å². The van der Waals surface area contributed by atoms with Gasteiger partial charge in [-0.25, -0.2) is 13.2 Å². The topological polar surface area (TPSA) is 62.2 Å². The first-order chi connectivity index (χ1) is 17.3. The number of hydrogen-bond acceptors (Lipinski definition) is 5. The predicted octanol–water partition coefficient (Wildman–Crippen LogP) is 4.21. The number of aryl methyl sites for hydroxylation is 1. The Morgan fingerprint density at radius 3 is 2.56 bits per heavy atom. The van der Waals surface area contributed by atoms with Gasteiger partial charge in [-0.15, -0.1) is 0 Å². The minimum Gasteiger partial charge on any atom is -0.493 e. The zero-order chi connectivity index (χ0) is 25.7. The van der Waals surface area contributed by atoms with Crippen LogP contribution in [0.1, 0.15) is 46.9 Å².